The van der Waals surface area contributed by atoms with E-state index in [-0.39, 0.29) is 18.0 Å². The maximum absolute atomic E-state index is 12.2. The number of aliphatic carboxylic acids is 1. The molecule has 114 valence electrons. The van der Waals surface area contributed by atoms with E-state index in [2.05, 4.69) is 10.6 Å². The summed E-state index contributed by atoms with van der Waals surface area (Å²) in [6, 6.07) is -0.00452. The van der Waals surface area contributed by atoms with E-state index in [9.17, 15) is 9.59 Å². The summed E-state index contributed by atoms with van der Waals surface area (Å²) in [5, 5.41) is 15.1. The van der Waals surface area contributed by atoms with Crippen LogP contribution in [0.3, 0.4) is 0 Å². The van der Waals surface area contributed by atoms with Gasteiger partial charge in [-0.3, -0.25) is 4.79 Å². The van der Waals surface area contributed by atoms with Crippen molar-refractivity contribution in [1.82, 2.24) is 15.5 Å². The van der Waals surface area contributed by atoms with E-state index in [0.29, 0.717) is 18.8 Å². The Morgan fingerprint density at radius 3 is 2.75 bits per heavy atom. The van der Waals surface area contributed by atoms with E-state index in [1.165, 1.54) is 0 Å². The van der Waals surface area contributed by atoms with Gasteiger partial charge in [0.2, 0.25) is 0 Å². The number of carboxylic acids is 1. The molecule has 1 aliphatic heterocycles. The molecule has 0 spiro atoms. The summed E-state index contributed by atoms with van der Waals surface area (Å²) in [6.45, 7) is 2.54. The minimum absolute atomic E-state index is 0.0216. The molecule has 6 nitrogen and oxygen atoms in total. The Balaban J connectivity index is 1.78. The number of nitrogens with zero attached hydrogens (tertiary/aromatic N) is 1. The highest BCUT2D eigenvalue weighted by Gasteiger charge is 2.32. The Hall–Kier alpha value is -1.30. The van der Waals surface area contributed by atoms with Crippen LogP contribution in [0.4, 0.5) is 4.79 Å². The summed E-state index contributed by atoms with van der Waals surface area (Å²) in [5.74, 6) is -0.512. The predicted molar refractivity (Wildman–Crippen MR) is 75.5 cm³/mol. The zero-order valence-corrected chi connectivity index (χ0v) is 12.1. The number of carbonyl (C=O) groups is 2. The largest absolute Gasteiger partial charge is 0.481 e. The van der Waals surface area contributed by atoms with E-state index in [0.717, 1.165) is 38.9 Å². The van der Waals surface area contributed by atoms with E-state index in [1.807, 2.05) is 11.9 Å². The van der Waals surface area contributed by atoms with Crippen molar-refractivity contribution >= 4 is 12.0 Å². The van der Waals surface area contributed by atoms with Crippen LogP contribution in [-0.4, -0.2) is 54.7 Å². The number of rotatable bonds is 4. The highest BCUT2D eigenvalue weighted by molar-refractivity contribution is 5.75. The summed E-state index contributed by atoms with van der Waals surface area (Å²) in [6.07, 6.45) is 4.21. The smallest absolute Gasteiger partial charge is 0.317 e. The van der Waals surface area contributed by atoms with Gasteiger partial charge in [-0.25, -0.2) is 4.79 Å². The zero-order valence-electron chi connectivity index (χ0n) is 12.1. The molecule has 0 aromatic heterocycles. The molecule has 3 atom stereocenters. The molecule has 0 aromatic carbocycles. The highest BCUT2D eigenvalue weighted by Crippen LogP contribution is 2.26. The van der Waals surface area contributed by atoms with Gasteiger partial charge in [-0.15, -0.1) is 0 Å². The van der Waals surface area contributed by atoms with Gasteiger partial charge in [0.25, 0.3) is 0 Å². The van der Waals surface area contributed by atoms with Crippen molar-refractivity contribution in [3.05, 3.63) is 0 Å². The molecule has 3 unspecified atom stereocenters. The number of nitrogens with one attached hydrogen (secondary N) is 2. The van der Waals surface area contributed by atoms with Crippen LogP contribution in [0.1, 0.15) is 32.1 Å². The molecule has 20 heavy (non-hydrogen) atoms. The summed E-state index contributed by atoms with van der Waals surface area (Å²) in [4.78, 5) is 25.0. The first-order valence-electron chi connectivity index (χ1n) is 7.53. The fourth-order valence-electron chi connectivity index (χ4n) is 3.31. The van der Waals surface area contributed by atoms with Gasteiger partial charge in [0.1, 0.15) is 0 Å². The quantitative estimate of drug-likeness (QED) is 0.715. The van der Waals surface area contributed by atoms with Crippen LogP contribution in [0.15, 0.2) is 0 Å². The summed E-state index contributed by atoms with van der Waals surface area (Å²) in [7, 11) is 1.93. The van der Waals surface area contributed by atoms with Crippen LogP contribution in [0, 0.1) is 11.8 Å². The number of carbonyl (C=O) groups excluding carboxylic acids is 1. The number of hydrogen-bond acceptors (Lipinski definition) is 3. The molecule has 0 aromatic rings. The van der Waals surface area contributed by atoms with Crippen LogP contribution >= 0.6 is 0 Å². The lowest BCUT2D eigenvalue weighted by atomic mass is 9.98. The number of carboxylic acid groups (broad SMARTS) is 1. The second kappa shape index (κ2) is 6.92. The minimum atomic E-state index is -0.742. The average Bonchev–Trinajstić information content (AvgIpc) is 2.88. The second-order valence-corrected chi connectivity index (χ2v) is 6.01. The van der Waals surface area contributed by atoms with Crippen molar-refractivity contribution in [2.45, 2.75) is 38.1 Å². The van der Waals surface area contributed by atoms with Crippen LogP contribution in [0.2, 0.25) is 0 Å². The lowest BCUT2D eigenvalue weighted by Gasteiger charge is -2.33. The fourth-order valence-corrected chi connectivity index (χ4v) is 3.31. The Bertz CT molecular complexity index is 360. The fraction of sp³-hybridized carbons (Fsp3) is 0.857. The van der Waals surface area contributed by atoms with Gasteiger partial charge in [0.05, 0.1) is 5.92 Å². The molecule has 1 aliphatic carbocycles. The molecule has 2 rings (SSSR count). The van der Waals surface area contributed by atoms with Gasteiger partial charge in [-0.05, 0) is 51.6 Å². The number of amides is 2. The average molecular weight is 283 g/mol. The van der Waals surface area contributed by atoms with E-state index < -0.39 is 5.97 Å². The van der Waals surface area contributed by atoms with Gasteiger partial charge in [0, 0.05) is 19.1 Å². The molecular weight excluding hydrogens is 258 g/mol. The van der Waals surface area contributed by atoms with Crippen LogP contribution in [-0.2, 0) is 4.79 Å². The van der Waals surface area contributed by atoms with E-state index in [4.69, 9.17) is 5.11 Å². The molecule has 2 fully saturated rings. The normalized spacial score (nSPS) is 30.2. The second-order valence-electron chi connectivity index (χ2n) is 6.01. The predicted octanol–water partition coefficient (Wildman–Crippen LogP) is 0.881. The molecular formula is C14H25N3O3. The van der Waals surface area contributed by atoms with Gasteiger partial charge >= 0.3 is 12.0 Å². The maximum Gasteiger partial charge on any atom is 0.317 e. The van der Waals surface area contributed by atoms with E-state index >= 15 is 0 Å². The summed E-state index contributed by atoms with van der Waals surface area (Å²) in [5.41, 5.74) is 0. The van der Waals surface area contributed by atoms with Gasteiger partial charge < -0.3 is 20.6 Å². The lowest BCUT2D eigenvalue weighted by molar-refractivity contribution is -0.141. The van der Waals surface area contributed by atoms with Crippen LogP contribution in [0.25, 0.3) is 0 Å². The molecule has 1 heterocycles. The first-order chi connectivity index (χ1) is 9.60. The third-order valence-electron chi connectivity index (χ3n) is 4.41. The Morgan fingerprint density at radius 1 is 1.30 bits per heavy atom. The highest BCUT2D eigenvalue weighted by atomic mass is 16.4. The van der Waals surface area contributed by atoms with Gasteiger partial charge in [-0.2, -0.15) is 0 Å². The number of likely N-dealkylation sites (tertiary alicyclic amines) is 1. The summed E-state index contributed by atoms with van der Waals surface area (Å²) >= 11 is 0. The summed E-state index contributed by atoms with van der Waals surface area (Å²) < 4.78 is 0. The number of urea groups is 1. The first-order valence-corrected chi connectivity index (χ1v) is 7.53. The third kappa shape index (κ3) is 3.85. The Kier molecular flexibility index (Phi) is 5.23. The van der Waals surface area contributed by atoms with E-state index in [1.54, 1.807) is 0 Å². The molecule has 2 amide bonds. The van der Waals surface area contributed by atoms with Crippen LogP contribution in [0.5, 0.6) is 0 Å². The SMILES string of the molecule is CNCC1CCCN(C(=O)NC2CCC(C(=O)O)C2)C1. The van der Waals surface area contributed by atoms with Gasteiger partial charge in [-0.1, -0.05) is 0 Å². The van der Waals surface area contributed by atoms with Crippen molar-refractivity contribution < 1.29 is 14.7 Å². The number of piperidine rings is 1. The first kappa shape index (κ1) is 15.1. The van der Waals surface area contributed by atoms with Crippen molar-refractivity contribution in [1.29, 1.82) is 0 Å². The monoisotopic (exact) mass is 283 g/mol. The standard InChI is InChI=1S/C14H25N3O3/c1-15-8-10-3-2-6-17(9-10)14(20)16-12-5-4-11(7-12)13(18)19/h10-12,15H,2-9H2,1H3,(H,16,20)(H,18,19). The Labute approximate surface area is 119 Å². The van der Waals surface area contributed by atoms with Crippen molar-refractivity contribution in [3.8, 4) is 0 Å². The molecule has 2 aliphatic rings. The molecule has 1 saturated heterocycles. The lowest BCUT2D eigenvalue weighted by Crippen LogP contribution is -2.49. The molecule has 3 N–H and O–H groups in total. The van der Waals surface area contributed by atoms with Crippen LogP contribution < -0.4 is 10.6 Å². The zero-order chi connectivity index (χ0) is 14.5. The maximum atomic E-state index is 12.2. The Morgan fingerprint density at radius 2 is 2.10 bits per heavy atom. The van der Waals surface area contributed by atoms with Crippen molar-refractivity contribution in [3.63, 3.8) is 0 Å². The molecule has 6 heteroatoms. The molecule has 0 radical (unpaired) electrons. The van der Waals surface area contributed by atoms with Gasteiger partial charge in [0.15, 0.2) is 0 Å². The number of hydrogen-bond donors (Lipinski definition) is 3. The topological polar surface area (TPSA) is 81.7 Å². The third-order valence-corrected chi connectivity index (χ3v) is 4.41. The minimum Gasteiger partial charge on any atom is -0.481 e. The van der Waals surface area contributed by atoms with Crippen molar-refractivity contribution in [2.75, 3.05) is 26.7 Å². The van der Waals surface area contributed by atoms with Crippen molar-refractivity contribution in [2.24, 2.45) is 11.8 Å². The molecule has 1 saturated carbocycles. The molecule has 0 bridgehead atoms.